The van der Waals surface area contributed by atoms with Crippen molar-refractivity contribution in [2.75, 3.05) is 4.90 Å². The number of anilines is 3. The van der Waals surface area contributed by atoms with Gasteiger partial charge in [0.1, 0.15) is 0 Å². The van der Waals surface area contributed by atoms with E-state index >= 15 is 0 Å². The van der Waals surface area contributed by atoms with E-state index in [1.165, 1.54) is 66.1 Å². The SMILES string of the molecule is C1#CC/C(n2c3ccccc3c3c4ccccc4c(N(c4ccccc4)c4ccc(-c5ccc(-c6ccccc6)cc5)cc4)cc32)=C(C2C=CC=CC2)\C=C/C1.CC. The molecule has 58 heavy (non-hydrogen) atoms. The van der Waals surface area contributed by atoms with Crippen LogP contribution >= 0.6 is 0 Å². The molecule has 0 spiro atoms. The zero-order chi connectivity index (χ0) is 39.3. The standard InChI is InChI=1S/C54H40N2.C2H6/c1-2-13-28-50(46(24-12-1)43-20-8-4-9-21-43)56-51-29-17-16-27-49(51)54-48-26-15-14-25-47(48)52(38-53(54)56)55(44-22-10-5-11-23-44)45-36-34-42(35-37-45)41-32-30-40(31-33-41)39-18-6-3-7-19-39;1-2/h3-12,14-20,22-27,29-38,43H,1,21,28H2;1-2H3/b24-12-,50-46-;. The topological polar surface area (TPSA) is 8.17 Å². The number of hydrogen-bond acceptors (Lipinski definition) is 1. The van der Waals surface area contributed by atoms with Gasteiger partial charge >= 0.3 is 0 Å². The largest absolute Gasteiger partial charge is 0.312 e. The first kappa shape index (κ1) is 36.6. The Balaban J connectivity index is 0.00000215. The van der Waals surface area contributed by atoms with Gasteiger partial charge in [-0.05, 0) is 76.0 Å². The van der Waals surface area contributed by atoms with Gasteiger partial charge in [0.15, 0.2) is 0 Å². The summed E-state index contributed by atoms with van der Waals surface area (Å²) < 4.78 is 2.53. The highest BCUT2D eigenvalue weighted by Gasteiger charge is 2.24. The molecule has 1 unspecified atom stereocenters. The van der Waals surface area contributed by atoms with Crippen molar-refractivity contribution in [3.05, 3.63) is 206 Å². The highest BCUT2D eigenvalue weighted by atomic mass is 15.1. The van der Waals surface area contributed by atoms with Crippen LogP contribution in [0.4, 0.5) is 17.1 Å². The number of para-hydroxylation sites is 2. The maximum atomic E-state index is 3.55. The summed E-state index contributed by atoms with van der Waals surface area (Å²) in [6.07, 6.45) is 16.0. The normalized spacial score (nSPS) is 16.6. The van der Waals surface area contributed by atoms with Crippen LogP contribution in [0.1, 0.15) is 33.1 Å². The second kappa shape index (κ2) is 16.6. The van der Waals surface area contributed by atoms with Crippen molar-refractivity contribution in [1.29, 1.82) is 0 Å². The van der Waals surface area contributed by atoms with E-state index < -0.39 is 0 Å². The third-order valence-electron chi connectivity index (χ3n) is 11.2. The molecule has 0 fully saturated rings. The molecule has 1 atom stereocenters. The molecule has 2 aliphatic rings. The molecule has 280 valence electrons. The van der Waals surface area contributed by atoms with E-state index in [0.29, 0.717) is 6.42 Å². The van der Waals surface area contributed by atoms with Crippen molar-refractivity contribution in [2.24, 2.45) is 5.92 Å². The number of nitrogens with zero attached hydrogens (tertiary/aromatic N) is 2. The Morgan fingerprint density at radius 1 is 0.534 bits per heavy atom. The maximum Gasteiger partial charge on any atom is 0.0565 e. The second-order valence-corrected chi connectivity index (χ2v) is 14.5. The number of fused-ring (bicyclic) bond motifs is 5. The highest BCUT2D eigenvalue weighted by Crippen LogP contribution is 2.46. The fourth-order valence-corrected chi connectivity index (χ4v) is 8.60. The predicted molar refractivity (Wildman–Crippen MR) is 250 cm³/mol. The monoisotopic (exact) mass is 746 g/mol. The molecule has 0 radical (unpaired) electrons. The summed E-state index contributed by atoms with van der Waals surface area (Å²) in [4.78, 5) is 2.42. The second-order valence-electron chi connectivity index (χ2n) is 14.5. The van der Waals surface area contributed by atoms with E-state index in [2.05, 4.69) is 222 Å². The zero-order valence-corrected chi connectivity index (χ0v) is 33.1. The van der Waals surface area contributed by atoms with Gasteiger partial charge in [0.25, 0.3) is 0 Å². The molecule has 1 aromatic heterocycles. The number of hydrogen-bond donors (Lipinski definition) is 0. The van der Waals surface area contributed by atoms with Crippen LogP contribution in [-0.4, -0.2) is 4.57 Å². The average molecular weight is 747 g/mol. The molecular weight excluding hydrogens is 701 g/mol. The number of aromatic nitrogens is 1. The van der Waals surface area contributed by atoms with Gasteiger partial charge in [-0.3, -0.25) is 0 Å². The van der Waals surface area contributed by atoms with E-state index in [4.69, 9.17) is 0 Å². The van der Waals surface area contributed by atoms with Gasteiger partial charge in [-0.2, -0.15) is 0 Å². The fourth-order valence-electron chi connectivity index (χ4n) is 8.60. The third kappa shape index (κ3) is 6.87. The van der Waals surface area contributed by atoms with Gasteiger partial charge in [0.2, 0.25) is 0 Å². The molecule has 0 amide bonds. The maximum absolute atomic E-state index is 3.55. The summed E-state index contributed by atoms with van der Waals surface area (Å²) in [5.74, 6) is 7.24. The Hall–Kier alpha value is -7.08. The van der Waals surface area contributed by atoms with Crippen molar-refractivity contribution < 1.29 is 0 Å². The minimum atomic E-state index is 0.288. The summed E-state index contributed by atoms with van der Waals surface area (Å²) in [7, 11) is 0. The predicted octanol–water partition coefficient (Wildman–Crippen LogP) is 15.5. The van der Waals surface area contributed by atoms with Gasteiger partial charge in [-0.15, -0.1) is 0 Å². The van der Waals surface area contributed by atoms with E-state index in [-0.39, 0.29) is 5.92 Å². The van der Waals surface area contributed by atoms with Gasteiger partial charge in [0, 0.05) is 45.6 Å². The van der Waals surface area contributed by atoms with E-state index in [9.17, 15) is 0 Å². The molecule has 0 bridgehead atoms. The lowest BCUT2D eigenvalue weighted by atomic mass is 9.89. The van der Waals surface area contributed by atoms with Crippen molar-refractivity contribution in [3.8, 4) is 34.1 Å². The Kier molecular flexibility index (Phi) is 10.4. The Bertz CT molecular complexity index is 2910. The average Bonchev–Trinajstić information content (AvgIpc) is 3.62. The van der Waals surface area contributed by atoms with Crippen molar-refractivity contribution in [3.63, 3.8) is 0 Å². The third-order valence-corrected chi connectivity index (χ3v) is 11.2. The Labute approximate surface area is 342 Å². The molecule has 2 heteroatoms. The number of rotatable bonds is 7. The lowest BCUT2D eigenvalue weighted by Gasteiger charge is -2.28. The fraction of sp³-hybridized carbons (Fsp3) is 0.107. The quantitative estimate of drug-likeness (QED) is 0.147. The first-order chi connectivity index (χ1) is 28.8. The minimum Gasteiger partial charge on any atom is -0.312 e. The molecule has 0 aliphatic heterocycles. The van der Waals surface area contributed by atoms with Crippen LogP contribution < -0.4 is 4.90 Å². The van der Waals surface area contributed by atoms with Gasteiger partial charge in [-0.25, -0.2) is 0 Å². The van der Waals surface area contributed by atoms with Crippen LogP contribution in [0.3, 0.4) is 0 Å². The van der Waals surface area contributed by atoms with Crippen molar-refractivity contribution in [1.82, 2.24) is 4.57 Å². The summed E-state index contributed by atoms with van der Waals surface area (Å²) in [5, 5.41) is 4.97. The molecule has 7 aromatic carbocycles. The Morgan fingerprint density at radius 2 is 1.12 bits per heavy atom. The van der Waals surface area contributed by atoms with Crippen LogP contribution in [0.2, 0.25) is 0 Å². The van der Waals surface area contributed by atoms with Crippen LogP contribution in [0, 0.1) is 17.8 Å². The van der Waals surface area contributed by atoms with Crippen molar-refractivity contribution >= 4 is 55.3 Å². The van der Waals surface area contributed by atoms with Crippen LogP contribution in [-0.2, 0) is 0 Å². The molecule has 2 nitrogen and oxygen atoms in total. The van der Waals surface area contributed by atoms with Crippen LogP contribution in [0.5, 0.6) is 0 Å². The highest BCUT2D eigenvalue weighted by molar-refractivity contribution is 6.25. The van der Waals surface area contributed by atoms with Crippen LogP contribution in [0.25, 0.3) is 60.5 Å². The van der Waals surface area contributed by atoms with Gasteiger partial charge < -0.3 is 9.47 Å². The summed E-state index contributed by atoms with van der Waals surface area (Å²) >= 11 is 0. The lowest BCUT2D eigenvalue weighted by molar-refractivity contribution is 0.779. The van der Waals surface area contributed by atoms with E-state index in [1.54, 1.807) is 0 Å². The number of allylic oxidation sites excluding steroid dienone is 8. The first-order valence-corrected chi connectivity index (χ1v) is 20.6. The number of benzene rings is 7. The molecule has 0 N–H and O–H groups in total. The van der Waals surface area contributed by atoms with E-state index in [1.807, 2.05) is 13.8 Å². The minimum absolute atomic E-state index is 0.288. The summed E-state index contributed by atoms with van der Waals surface area (Å²) in [6, 6.07) is 59.5. The molecule has 2 aliphatic carbocycles. The van der Waals surface area contributed by atoms with Gasteiger partial charge in [-0.1, -0.05) is 190 Å². The molecule has 8 aromatic rings. The molecule has 10 rings (SSSR count). The Morgan fingerprint density at radius 3 is 1.81 bits per heavy atom. The summed E-state index contributed by atoms with van der Waals surface area (Å²) in [6.45, 7) is 4.00. The van der Waals surface area contributed by atoms with Crippen molar-refractivity contribution in [2.45, 2.75) is 33.1 Å². The summed E-state index contributed by atoms with van der Waals surface area (Å²) in [5.41, 5.74) is 13.2. The van der Waals surface area contributed by atoms with Gasteiger partial charge in [0.05, 0.1) is 23.1 Å². The van der Waals surface area contributed by atoms with Crippen LogP contribution in [0.15, 0.2) is 206 Å². The zero-order valence-electron chi connectivity index (χ0n) is 33.1. The smallest absolute Gasteiger partial charge is 0.0565 e. The molecule has 0 saturated heterocycles. The lowest BCUT2D eigenvalue weighted by Crippen LogP contribution is -2.11. The molecular formula is C56H46N2. The first-order valence-electron chi connectivity index (χ1n) is 20.6. The molecule has 0 saturated carbocycles. The van der Waals surface area contributed by atoms with E-state index in [0.717, 1.165) is 29.9 Å². The molecule has 1 heterocycles.